The van der Waals surface area contributed by atoms with Gasteiger partial charge >= 0.3 is 12.1 Å². The number of aromatic nitrogens is 2. The summed E-state index contributed by atoms with van der Waals surface area (Å²) in [4.78, 5) is 31.6. The van der Waals surface area contributed by atoms with Gasteiger partial charge in [-0.15, -0.1) is 0 Å². The lowest BCUT2D eigenvalue weighted by Gasteiger charge is -2.21. The number of rotatable bonds is 5. The molecule has 3 atom stereocenters. The molecule has 1 unspecified atom stereocenters. The molecule has 3 aromatic rings. The maximum absolute atomic E-state index is 13.3. The largest absolute Gasteiger partial charge is 0.466 e. The zero-order chi connectivity index (χ0) is 26.8. The van der Waals surface area contributed by atoms with E-state index in [2.05, 4.69) is 4.98 Å². The van der Waals surface area contributed by atoms with Gasteiger partial charge in [-0.05, 0) is 61.1 Å². The van der Waals surface area contributed by atoms with E-state index in [1.165, 1.54) is 0 Å². The van der Waals surface area contributed by atoms with Crippen LogP contribution >= 0.6 is 23.2 Å². The number of nitrogens with zero attached hydrogens (tertiary/aromatic N) is 3. The van der Waals surface area contributed by atoms with Crippen molar-refractivity contribution in [2.75, 3.05) is 19.7 Å². The molecule has 2 aliphatic rings. The van der Waals surface area contributed by atoms with Gasteiger partial charge in [-0.1, -0.05) is 23.2 Å². The maximum atomic E-state index is 13.3. The average Bonchev–Trinajstić information content (AvgIpc) is 3.15. The third-order valence-corrected chi connectivity index (χ3v) is 8.17. The molecule has 1 amide bonds. The van der Waals surface area contributed by atoms with Crippen LogP contribution in [0.4, 0.5) is 13.2 Å². The van der Waals surface area contributed by atoms with E-state index in [-0.39, 0.29) is 46.6 Å². The van der Waals surface area contributed by atoms with Crippen molar-refractivity contribution in [2.24, 2.45) is 24.8 Å². The standard InChI is InChI=1S/C26H24Cl2F3N3O3/c1-4-37-25(36)21-16-10-34(11-17(16)21)24(35)14-5-6-18(27)15(22(14)28)9-20-32-23-12(2)7-13(26(29,30)31)8-19(23)33(20)3/h5-8,16-17,21H,4,9-11H2,1-3H3/t16-,17+,21?. The molecule has 5 rings (SSSR count). The number of fused-ring (bicyclic) bond motifs is 2. The van der Waals surface area contributed by atoms with E-state index in [1.807, 2.05) is 0 Å². The molecule has 37 heavy (non-hydrogen) atoms. The molecule has 1 aromatic heterocycles. The Kier molecular flexibility index (Phi) is 6.43. The number of amides is 1. The Morgan fingerprint density at radius 2 is 1.84 bits per heavy atom. The number of halogens is 5. The molecule has 0 spiro atoms. The van der Waals surface area contributed by atoms with Crippen molar-refractivity contribution in [3.05, 3.63) is 62.4 Å². The van der Waals surface area contributed by atoms with Crippen molar-refractivity contribution < 1.29 is 27.5 Å². The first-order valence-corrected chi connectivity index (χ1v) is 12.6. The Hall–Kier alpha value is -2.78. The molecule has 196 valence electrons. The number of piperidine rings is 1. The second-order valence-corrected chi connectivity index (χ2v) is 10.4. The zero-order valence-corrected chi connectivity index (χ0v) is 21.8. The van der Waals surface area contributed by atoms with Gasteiger partial charge in [0, 0.05) is 31.6 Å². The summed E-state index contributed by atoms with van der Waals surface area (Å²) in [5, 5.41) is 0.507. The molecule has 1 aliphatic carbocycles. The molecule has 0 bridgehead atoms. The van der Waals surface area contributed by atoms with E-state index in [0.29, 0.717) is 52.7 Å². The van der Waals surface area contributed by atoms with Crippen LogP contribution in [0.2, 0.25) is 10.0 Å². The highest BCUT2D eigenvalue weighted by Crippen LogP contribution is 2.52. The molecule has 1 saturated heterocycles. The van der Waals surface area contributed by atoms with Crippen LogP contribution in [0.3, 0.4) is 0 Å². The van der Waals surface area contributed by atoms with E-state index < -0.39 is 11.7 Å². The van der Waals surface area contributed by atoms with Gasteiger partial charge in [0.05, 0.1) is 39.7 Å². The first kappa shape index (κ1) is 25.9. The van der Waals surface area contributed by atoms with Gasteiger partial charge in [0.25, 0.3) is 5.91 Å². The summed E-state index contributed by atoms with van der Waals surface area (Å²) in [5.74, 6) is 0.0335. The van der Waals surface area contributed by atoms with Gasteiger partial charge in [0.15, 0.2) is 0 Å². The van der Waals surface area contributed by atoms with Crippen LogP contribution in [-0.2, 0) is 29.2 Å². The van der Waals surface area contributed by atoms with E-state index in [1.54, 1.807) is 42.5 Å². The van der Waals surface area contributed by atoms with E-state index >= 15 is 0 Å². The van der Waals surface area contributed by atoms with E-state index in [4.69, 9.17) is 27.9 Å². The second-order valence-electron chi connectivity index (χ2n) is 9.63. The minimum atomic E-state index is -4.48. The third kappa shape index (κ3) is 4.46. The predicted octanol–water partition coefficient (Wildman–Crippen LogP) is 5.68. The van der Waals surface area contributed by atoms with Gasteiger partial charge in [0.2, 0.25) is 0 Å². The lowest BCUT2D eigenvalue weighted by Crippen LogP contribution is -2.33. The highest BCUT2D eigenvalue weighted by Gasteiger charge is 2.61. The van der Waals surface area contributed by atoms with Crippen LogP contribution < -0.4 is 0 Å². The van der Waals surface area contributed by atoms with Crippen LogP contribution in [0.15, 0.2) is 24.3 Å². The van der Waals surface area contributed by atoms with Crippen LogP contribution in [0.5, 0.6) is 0 Å². The number of ether oxygens (including phenoxy) is 1. The number of hydrogen-bond acceptors (Lipinski definition) is 4. The highest BCUT2D eigenvalue weighted by molar-refractivity contribution is 6.38. The number of benzene rings is 2. The summed E-state index contributed by atoms with van der Waals surface area (Å²) in [7, 11) is 1.64. The Morgan fingerprint density at radius 3 is 2.46 bits per heavy atom. The van der Waals surface area contributed by atoms with E-state index in [0.717, 1.165) is 12.1 Å². The van der Waals surface area contributed by atoms with Gasteiger partial charge in [0.1, 0.15) is 5.82 Å². The number of carbonyl (C=O) groups excluding carboxylic acids is 2. The van der Waals surface area contributed by atoms with Crippen LogP contribution in [-0.4, -0.2) is 46.0 Å². The fourth-order valence-electron chi connectivity index (χ4n) is 5.36. The summed E-state index contributed by atoms with van der Waals surface area (Å²) in [6.07, 6.45) is -4.35. The minimum absolute atomic E-state index is 0.0957. The second kappa shape index (κ2) is 9.20. The van der Waals surface area contributed by atoms with Crippen LogP contribution in [0.25, 0.3) is 11.0 Å². The first-order chi connectivity index (χ1) is 17.4. The molecule has 11 heteroatoms. The molecule has 6 nitrogen and oxygen atoms in total. The topological polar surface area (TPSA) is 64.4 Å². The maximum Gasteiger partial charge on any atom is 0.416 e. The number of alkyl halides is 3. The van der Waals surface area contributed by atoms with Gasteiger partial charge in [-0.3, -0.25) is 9.59 Å². The molecule has 0 radical (unpaired) electrons. The van der Waals surface area contributed by atoms with Crippen molar-refractivity contribution in [2.45, 2.75) is 26.4 Å². The van der Waals surface area contributed by atoms with Gasteiger partial charge < -0.3 is 14.2 Å². The summed E-state index contributed by atoms with van der Waals surface area (Å²) in [6, 6.07) is 5.30. The van der Waals surface area contributed by atoms with Gasteiger partial charge in [-0.25, -0.2) is 4.98 Å². The molecule has 1 saturated carbocycles. The zero-order valence-electron chi connectivity index (χ0n) is 20.3. The minimum Gasteiger partial charge on any atom is -0.466 e. The summed E-state index contributed by atoms with van der Waals surface area (Å²) < 4.78 is 46.7. The van der Waals surface area contributed by atoms with Crippen LogP contribution in [0, 0.1) is 24.7 Å². The lowest BCUT2D eigenvalue weighted by atomic mass is 10.1. The molecule has 2 fully saturated rings. The van der Waals surface area contributed by atoms with Crippen molar-refractivity contribution in [1.29, 1.82) is 0 Å². The third-order valence-electron chi connectivity index (χ3n) is 7.39. The Bertz CT molecular complexity index is 1420. The smallest absolute Gasteiger partial charge is 0.416 e. The fourth-order valence-corrected chi connectivity index (χ4v) is 5.95. The molecule has 2 heterocycles. The van der Waals surface area contributed by atoms with E-state index in [9.17, 15) is 22.8 Å². The monoisotopic (exact) mass is 553 g/mol. The first-order valence-electron chi connectivity index (χ1n) is 11.9. The molecule has 2 aromatic carbocycles. The molecular formula is C26H24Cl2F3N3O3. The highest BCUT2D eigenvalue weighted by atomic mass is 35.5. The van der Waals surface area contributed by atoms with Crippen molar-refractivity contribution in [3.63, 3.8) is 0 Å². The van der Waals surface area contributed by atoms with Crippen molar-refractivity contribution in [3.8, 4) is 0 Å². The number of aryl methyl sites for hydroxylation is 2. The number of likely N-dealkylation sites (tertiary alicyclic amines) is 1. The number of imidazole rings is 1. The van der Waals surface area contributed by atoms with Gasteiger partial charge in [-0.2, -0.15) is 13.2 Å². The molecule has 1 aliphatic heterocycles. The number of carbonyl (C=O) groups is 2. The SMILES string of the molecule is CCOC(=O)C1[C@H]2CN(C(=O)c3ccc(Cl)c(Cc4nc5c(C)cc(C(F)(F)F)cc5n4C)c3Cl)C[C@@H]12. The normalized spacial score (nSPS) is 20.9. The average molecular weight is 554 g/mol. The Morgan fingerprint density at radius 1 is 1.16 bits per heavy atom. The van der Waals surface area contributed by atoms with Crippen molar-refractivity contribution in [1.82, 2.24) is 14.5 Å². The van der Waals surface area contributed by atoms with Crippen LogP contribution in [0.1, 0.15) is 39.8 Å². The quantitative estimate of drug-likeness (QED) is 0.381. The summed E-state index contributed by atoms with van der Waals surface area (Å²) in [5.41, 5.74) is 1.21. The summed E-state index contributed by atoms with van der Waals surface area (Å²) in [6.45, 7) is 4.58. The fraction of sp³-hybridized carbons (Fsp3) is 0.423. The Balaban J connectivity index is 1.40. The van der Waals surface area contributed by atoms with Crippen molar-refractivity contribution >= 4 is 46.1 Å². The lowest BCUT2D eigenvalue weighted by molar-refractivity contribution is -0.145. The number of hydrogen-bond donors (Lipinski definition) is 0. The summed E-state index contributed by atoms with van der Waals surface area (Å²) >= 11 is 13.1. The molecular weight excluding hydrogens is 530 g/mol. The molecule has 0 N–H and O–H groups in total. The predicted molar refractivity (Wildman–Crippen MR) is 133 cm³/mol. The number of esters is 1. The Labute approximate surface area is 221 Å².